The van der Waals surface area contributed by atoms with E-state index in [0.717, 1.165) is 0 Å². The molecule has 0 saturated carbocycles. The molecule has 0 amide bonds. The number of aromatic nitrogens is 2. The predicted molar refractivity (Wildman–Crippen MR) is 81.6 cm³/mol. The Morgan fingerprint density at radius 2 is 1.91 bits per heavy atom. The fourth-order valence-corrected chi connectivity index (χ4v) is 2.38. The van der Waals surface area contributed by atoms with E-state index in [9.17, 15) is 0 Å². The summed E-state index contributed by atoms with van der Waals surface area (Å²) in [5.74, 6) is 2.71. The van der Waals surface area contributed by atoms with Crippen molar-refractivity contribution in [1.29, 1.82) is 0 Å². The Kier molecular flexibility index (Phi) is 3.51. The average Bonchev–Trinajstić information content (AvgIpc) is 3.22. The van der Waals surface area contributed by atoms with E-state index in [-0.39, 0.29) is 13.4 Å². The highest BCUT2D eigenvalue weighted by Crippen LogP contribution is 2.35. The van der Waals surface area contributed by atoms with Gasteiger partial charge in [-0.2, -0.15) is 0 Å². The topological polar surface area (TPSA) is 66.6 Å². The van der Waals surface area contributed by atoms with Gasteiger partial charge in [0.05, 0.1) is 10.6 Å². The molecule has 1 aromatic heterocycles. The van der Waals surface area contributed by atoms with Crippen molar-refractivity contribution in [3.05, 3.63) is 53.4 Å². The molecule has 0 aliphatic carbocycles. The maximum absolute atomic E-state index is 6.11. The van der Waals surface area contributed by atoms with Gasteiger partial charge in [-0.1, -0.05) is 23.7 Å². The van der Waals surface area contributed by atoms with E-state index in [1.807, 2.05) is 18.2 Å². The first-order chi connectivity index (χ1) is 11.3. The van der Waals surface area contributed by atoms with Crippen molar-refractivity contribution in [2.24, 2.45) is 0 Å². The van der Waals surface area contributed by atoms with E-state index in [4.69, 9.17) is 30.2 Å². The molecule has 0 N–H and O–H groups in total. The van der Waals surface area contributed by atoms with Gasteiger partial charge in [-0.15, -0.1) is 10.2 Å². The van der Waals surface area contributed by atoms with Crippen LogP contribution in [0.3, 0.4) is 0 Å². The number of halogens is 1. The Hall–Kier alpha value is -2.73. The van der Waals surface area contributed by atoms with Gasteiger partial charge in [0.25, 0.3) is 5.89 Å². The molecular weight excluding hydrogens is 320 g/mol. The summed E-state index contributed by atoms with van der Waals surface area (Å²) >= 11 is 6.11. The monoisotopic (exact) mass is 330 g/mol. The van der Waals surface area contributed by atoms with E-state index >= 15 is 0 Å². The fourth-order valence-electron chi connectivity index (χ4n) is 2.17. The summed E-state index contributed by atoms with van der Waals surface area (Å²) in [5, 5.41) is 8.51. The van der Waals surface area contributed by atoms with Gasteiger partial charge < -0.3 is 18.6 Å². The largest absolute Gasteiger partial charge is 0.484 e. The molecule has 0 atom stereocenters. The minimum Gasteiger partial charge on any atom is -0.484 e. The molecule has 2 heterocycles. The first-order valence-corrected chi connectivity index (χ1v) is 7.27. The number of ether oxygens (including phenoxy) is 3. The fraction of sp³-hybridized carbons (Fsp3) is 0.125. The first-order valence-electron chi connectivity index (χ1n) is 6.89. The lowest BCUT2D eigenvalue weighted by atomic mass is 10.2. The summed E-state index contributed by atoms with van der Waals surface area (Å²) < 4.78 is 21.8. The standard InChI is InChI=1S/C16H11ClN2O4/c17-12-4-2-1-3-11(12)16-19-18-15(23-16)8-20-10-5-6-13-14(7-10)22-9-21-13/h1-7H,8-9H2. The SMILES string of the molecule is Clc1ccccc1-c1nnc(COc2ccc3c(c2)OCO3)o1. The van der Waals surface area contributed by atoms with Crippen LogP contribution in [0, 0.1) is 0 Å². The number of rotatable bonds is 4. The van der Waals surface area contributed by atoms with E-state index in [1.54, 1.807) is 24.3 Å². The van der Waals surface area contributed by atoms with E-state index < -0.39 is 0 Å². The number of nitrogens with zero attached hydrogens (tertiary/aromatic N) is 2. The molecule has 23 heavy (non-hydrogen) atoms. The van der Waals surface area contributed by atoms with Crippen LogP contribution >= 0.6 is 11.6 Å². The Bertz CT molecular complexity index is 850. The smallest absolute Gasteiger partial charge is 0.254 e. The van der Waals surface area contributed by atoms with Crippen LogP contribution in [0.4, 0.5) is 0 Å². The molecule has 4 rings (SSSR count). The quantitative estimate of drug-likeness (QED) is 0.726. The van der Waals surface area contributed by atoms with Crippen LogP contribution in [0.25, 0.3) is 11.5 Å². The van der Waals surface area contributed by atoms with Gasteiger partial charge in [0.1, 0.15) is 5.75 Å². The maximum atomic E-state index is 6.11. The third-order valence-corrected chi connectivity index (χ3v) is 3.61. The summed E-state index contributed by atoms with van der Waals surface area (Å²) in [6.07, 6.45) is 0. The molecule has 0 bridgehead atoms. The molecule has 0 radical (unpaired) electrons. The molecule has 3 aromatic rings. The second-order valence-corrected chi connectivity index (χ2v) is 5.19. The lowest BCUT2D eigenvalue weighted by Crippen LogP contribution is -1.95. The van der Waals surface area contributed by atoms with Crippen LogP contribution in [0.15, 0.2) is 46.9 Å². The van der Waals surface area contributed by atoms with Gasteiger partial charge in [-0.25, -0.2) is 0 Å². The number of hydrogen-bond acceptors (Lipinski definition) is 6. The number of fused-ring (bicyclic) bond motifs is 1. The van der Waals surface area contributed by atoms with Crippen molar-refractivity contribution >= 4 is 11.6 Å². The normalized spacial score (nSPS) is 12.4. The number of benzene rings is 2. The molecule has 0 unspecified atom stereocenters. The van der Waals surface area contributed by atoms with Crippen molar-refractivity contribution < 1.29 is 18.6 Å². The molecule has 2 aromatic carbocycles. The minimum atomic E-state index is 0.150. The third-order valence-electron chi connectivity index (χ3n) is 3.28. The Morgan fingerprint density at radius 1 is 1.04 bits per heavy atom. The average molecular weight is 331 g/mol. The van der Waals surface area contributed by atoms with Crippen LogP contribution in [0.2, 0.25) is 5.02 Å². The molecule has 1 aliphatic heterocycles. The molecule has 6 nitrogen and oxygen atoms in total. The van der Waals surface area contributed by atoms with Gasteiger partial charge in [-0.05, 0) is 24.3 Å². The maximum Gasteiger partial charge on any atom is 0.254 e. The molecule has 7 heteroatoms. The Morgan fingerprint density at radius 3 is 2.83 bits per heavy atom. The van der Waals surface area contributed by atoms with Crippen molar-refractivity contribution in [2.75, 3.05) is 6.79 Å². The minimum absolute atomic E-state index is 0.150. The molecule has 0 saturated heterocycles. The predicted octanol–water partition coefficient (Wildman–Crippen LogP) is 3.70. The Labute approximate surface area is 136 Å². The van der Waals surface area contributed by atoms with Crippen molar-refractivity contribution in [1.82, 2.24) is 10.2 Å². The van der Waals surface area contributed by atoms with Crippen LogP contribution in [0.5, 0.6) is 17.2 Å². The molecule has 0 fully saturated rings. The second kappa shape index (κ2) is 5.81. The highest BCUT2D eigenvalue weighted by Gasteiger charge is 2.15. The summed E-state index contributed by atoms with van der Waals surface area (Å²) in [6, 6.07) is 12.6. The van der Waals surface area contributed by atoms with Gasteiger partial charge in [0.2, 0.25) is 12.7 Å². The summed E-state index contributed by atoms with van der Waals surface area (Å²) in [4.78, 5) is 0. The zero-order valence-electron chi connectivity index (χ0n) is 11.9. The second-order valence-electron chi connectivity index (χ2n) is 4.78. The highest BCUT2D eigenvalue weighted by atomic mass is 35.5. The van der Waals surface area contributed by atoms with Crippen molar-refractivity contribution in [2.45, 2.75) is 6.61 Å². The molecule has 1 aliphatic rings. The Balaban J connectivity index is 1.47. The lowest BCUT2D eigenvalue weighted by Gasteiger charge is -2.04. The van der Waals surface area contributed by atoms with Crippen LogP contribution in [-0.4, -0.2) is 17.0 Å². The van der Waals surface area contributed by atoms with E-state index in [2.05, 4.69) is 10.2 Å². The first kappa shape index (κ1) is 13.9. The summed E-state index contributed by atoms with van der Waals surface area (Å²) in [5.41, 5.74) is 0.691. The zero-order chi connectivity index (χ0) is 15.6. The number of hydrogen-bond donors (Lipinski definition) is 0. The van der Waals surface area contributed by atoms with Gasteiger partial charge in [0.15, 0.2) is 18.1 Å². The van der Waals surface area contributed by atoms with Gasteiger partial charge in [-0.3, -0.25) is 0 Å². The van der Waals surface area contributed by atoms with Gasteiger partial charge >= 0.3 is 0 Å². The molecule has 116 valence electrons. The van der Waals surface area contributed by atoms with Gasteiger partial charge in [0, 0.05) is 6.07 Å². The van der Waals surface area contributed by atoms with Crippen LogP contribution in [0.1, 0.15) is 5.89 Å². The van der Waals surface area contributed by atoms with E-state index in [1.165, 1.54) is 0 Å². The van der Waals surface area contributed by atoms with Crippen LogP contribution < -0.4 is 14.2 Å². The zero-order valence-corrected chi connectivity index (χ0v) is 12.6. The van der Waals surface area contributed by atoms with Crippen molar-refractivity contribution in [3.63, 3.8) is 0 Å². The highest BCUT2D eigenvalue weighted by molar-refractivity contribution is 6.33. The van der Waals surface area contributed by atoms with Crippen molar-refractivity contribution in [3.8, 4) is 28.7 Å². The summed E-state index contributed by atoms with van der Waals surface area (Å²) in [6.45, 7) is 0.376. The lowest BCUT2D eigenvalue weighted by molar-refractivity contribution is 0.173. The van der Waals surface area contributed by atoms with Crippen LogP contribution in [-0.2, 0) is 6.61 Å². The molecule has 0 spiro atoms. The summed E-state index contributed by atoms with van der Waals surface area (Å²) in [7, 11) is 0. The third kappa shape index (κ3) is 2.80. The molecular formula is C16H11ClN2O4. The van der Waals surface area contributed by atoms with E-state index in [0.29, 0.717) is 39.6 Å².